The summed E-state index contributed by atoms with van der Waals surface area (Å²) in [6.45, 7) is 4.27. The molecule has 2 nitrogen and oxygen atoms in total. The predicted molar refractivity (Wildman–Crippen MR) is 66.8 cm³/mol. The van der Waals surface area contributed by atoms with Crippen molar-refractivity contribution in [2.24, 2.45) is 5.92 Å². The molecule has 1 unspecified atom stereocenters. The minimum atomic E-state index is 0.448. The van der Waals surface area contributed by atoms with Crippen molar-refractivity contribution in [3.8, 4) is 0 Å². The molecule has 0 saturated heterocycles. The Bertz CT molecular complexity index is 362. The molecule has 0 saturated carbocycles. The lowest BCUT2D eigenvalue weighted by Gasteiger charge is -2.33. The van der Waals surface area contributed by atoms with E-state index in [4.69, 9.17) is 0 Å². The van der Waals surface area contributed by atoms with E-state index in [2.05, 4.69) is 36.1 Å². The van der Waals surface area contributed by atoms with E-state index in [1.165, 1.54) is 24.1 Å². The molecular formula is C14H19NO. The van der Waals surface area contributed by atoms with E-state index >= 15 is 0 Å². The minimum absolute atomic E-state index is 0.448. The summed E-state index contributed by atoms with van der Waals surface area (Å²) in [7, 11) is 0. The fraction of sp³-hybridized carbons (Fsp3) is 0.500. The first-order chi connectivity index (χ1) is 7.81. The van der Waals surface area contributed by atoms with E-state index in [-0.39, 0.29) is 0 Å². The van der Waals surface area contributed by atoms with Crippen molar-refractivity contribution in [1.82, 2.24) is 0 Å². The molecule has 0 aromatic heterocycles. The van der Waals surface area contributed by atoms with Crippen LogP contribution >= 0.6 is 0 Å². The van der Waals surface area contributed by atoms with Gasteiger partial charge >= 0.3 is 0 Å². The number of fused-ring (bicyclic) bond motifs is 1. The van der Waals surface area contributed by atoms with Gasteiger partial charge < -0.3 is 9.69 Å². The van der Waals surface area contributed by atoms with E-state index in [0.717, 1.165) is 19.4 Å². The molecule has 0 fully saturated rings. The van der Waals surface area contributed by atoms with Crippen LogP contribution in [0.15, 0.2) is 24.3 Å². The third-order valence-corrected chi connectivity index (χ3v) is 3.24. The summed E-state index contributed by atoms with van der Waals surface area (Å²) in [5.41, 5.74) is 2.82. The summed E-state index contributed by atoms with van der Waals surface area (Å²) in [4.78, 5) is 12.9. The Kier molecular flexibility index (Phi) is 3.60. The maximum Gasteiger partial charge on any atom is 0.120 e. The van der Waals surface area contributed by atoms with Gasteiger partial charge in [0.25, 0.3) is 0 Å². The van der Waals surface area contributed by atoms with Gasteiger partial charge in [-0.15, -0.1) is 0 Å². The van der Waals surface area contributed by atoms with Gasteiger partial charge in [-0.05, 0) is 30.4 Å². The van der Waals surface area contributed by atoms with Gasteiger partial charge in [0.15, 0.2) is 0 Å². The van der Waals surface area contributed by atoms with Crippen molar-refractivity contribution in [2.75, 3.05) is 18.0 Å². The fourth-order valence-corrected chi connectivity index (χ4v) is 2.42. The van der Waals surface area contributed by atoms with Crippen LogP contribution in [0.3, 0.4) is 0 Å². The monoisotopic (exact) mass is 217 g/mol. The Labute approximate surface area is 97.3 Å². The molecule has 1 aromatic carbocycles. The lowest BCUT2D eigenvalue weighted by atomic mass is 10.00. The first-order valence-electron chi connectivity index (χ1n) is 6.07. The first-order valence-corrected chi connectivity index (χ1v) is 6.07. The summed E-state index contributed by atoms with van der Waals surface area (Å²) in [5, 5.41) is 0. The Balaban J connectivity index is 2.09. The summed E-state index contributed by atoms with van der Waals surface area (Å²) in [5.74, 6) is 0.448. The molecule has 1 heterocycles. The van der Waals surface area contributed by atoms with Crippen LogP contribution in [0.4, 0.5) is 5.69 Å². The maximum atomic E-state index is 10.5. The summed E-state index contributed by atoms with van der Waals surface area (Å²) in [6.07, 6.45) is 4.11. The number of anilines is 1. The van der Waals surface area contributed by atoms with Gasteiger partial charge in [-0.1, -0.05) is 25.1 Å². The molecule has 1 aliphatic rings. The number of aldehydes is 1. The summed E-state index contributed by atoms with van der Waals surface area (Å²) >= 11 is 0. The van der Waals surface area contributed by atoms with Crippen molar-refractivity contribution in [1.29, 1.82) is 0 Å². The second kappa shape index (κ2) is 5.15. The topological polar surface area (TPSA) is 20.3 Å². The third-order valence-electron chi connectivity index (χ3n) is 3.24. The normalized spacial score (nSPS) is 16.7. The highest BCUT2D eigenvalue weighted by Crippen LogP contribution is 2.27. The van der Waals surface area contributed by atoms with Gasteiger partial charge in [-0.2, -0.15) is 0 Å². The van der Waals surface area contributed by atoms with Gasteiger partial charge in [0.1, 0.15) is 6.29 Å². The second-order valence-electron chi connectivity index (χ2n) is 4.69. The molecule has 0 aliphatic carbocycles. The number of hydrogen-bond acceptors (Lipinski definition) is 2. The average Bonchev–Trinajstić information content (AvgIpc) is 2.30. The Morgan fingerprint density at radius 1 is 1.44 bits per heavy atom. The number of benzene rings is 1. The molecule has 0 bridgehead atoms. The zero-order valence-corrected chi connectivity index (χ0v) is 9.86. The predicted octanol–water partition coefficient (Wildman–Crippen LogP) is 2.66. The molecule has 16 heavy (non-hydrogen) atoms. The first kappa shape index (κ1) is 11.2. The lowest BCUT2D eigenvalue weighted by molar-refractivity contribution is -0.108. The van der Waals surface area contributed by atoms with E-state index in [1.54, 1.807) is 0 Å². The van der Waals surface area contributed by atoms with E-state index in [0.29, 0.717) is 12.3 Å². The van der Waals surface area contributed by atoms with Crippen LogP contribution in [0.2, 0.25) is 0 Å². The van der Waals surface area contributed by atoms with Crippen molar-refractivity contribution in [2.45, 2.75) is 26.2 Å². The SMILES string of the molecule is CC(CC=O)CN1CCCc2ccccc21. The zero-order valence-electron chi connectivity index (χ0n) is 9.86. The van der Waals surface area contributed by atoms with Gasteiger partial charge in [0.05, 0.1) is 0 Å². The Morgan fingerprint density at radius 2 is 2.25 bits per heavy atom. The summed E-state index contributed by atoms with van der Waals surface area (Å²) in [6, 6.07) is 8.62. The lowest BCUT2D eigenvalue weighted by Crippen LogP contribution is -2.33. The quantitative estimate of drug-likeness (QED) is 0.723. The van der Waals surface area contributed by atoms with Crippen LogP contribution in [0, 0.1) is 5.92 Å². The third kappa shape index (κ3) is 2.43. The van der Waals surface area contributed by atoms with Crippen molar-refractivity contribution >= 4 is 12.0 Å². The van der Waals surface area contributed by atoms with Crippen LogP contribution in [0.5, 0.6) is 0 Å². The van der Waals surface area contributed by atoms with Crippen molar-refractivity contribution in [3.05, 3.63) is 29.8 Å². The van der Waals surface area contributed by atoms with Crippen LogP contribution in [0.25, 0.3) is 0 Å². The molecule has 0 radical (unpaired) electrons. The molecule has 2 heteroatoms. The van der Waals surface area contributed by atoms with Crippen LogP contribution in [0.1, 0.15) is 25.3 Å². The molecule has 86 valence electrons. The van der Waals surface area contributed by atoms with E-state index < -0.39 is 0 Å². The highest BCUT2D eigenvalue weighted by Gasteiger charge is 2.17. The van der Waals surface area contributed by atoms with Crippen LogP contribution in [-0.4, -0.2) is 19.4 Å². The van der Waals surface area contributed by atoms with E-state index in [1.807, 2.05) is 0 Å². The van der Waals surface area contributed by atoms with Gasteiger partial charge in [0.2, 0.25) is 0 Å². The number of carbonyl (C=O) groups is 1. The highest BCUT2D eigenvalue weighted by molar-refractivity contribution is 5.56. The molecule has 0 N–H and O–H groups in total. The van der Waals surface area contributed by atoms with Gasteiger partial charge in [0, 0.05) is 25.2 Å². The molecule has 0 spiro atoms. The average molecular weight is 217 g/mol. The largest absolute Gasteiger partial charge is 0.371 e. The molecule has 1 atom stereocenters. The zero-order chi connectivity index (χ0) is 11.4. The number of aryl methyl sites for hydroxylation is 1. The molecule has 0 amide bonds. The molecule has 1 aliphatic heterocycles. The molecule has 1 aromatic rings. The highest BCUT2D eigenvalue weighted by atomic mass is 16.1. The Hall–Kier alpha value is -1.31. The maximum absolute atomic E-state index is 10.5. The van der Waals surface area contributed by atoms with Gasteiger partial charge in [-0.25, -0.2) is 0 Å². The van der Waals surface area contributed by atoms with Crippen LogP contribution in [-0.2, 0) is 11.2 Å². The number of carbonyl (C=O) groups excluding carboxylic acids is 1. The molecule has 2 rings (SSSR count). The second-order valence-corrected chi connectivity index (χ2v) is 4.69. The van der Waals surface area contributed by atoms with Crippen molar-refractivity contribution in [3.63, 3.8) is 0 Å². The Morgan fingerprint density at radius 3 is 3.06 bits per heavy atom. The number of hydrogen-bond donors (Lipinski definition) is 0. The van der Waals surface area contributed by atoms with Crippen molar-refractivity contribution < 1.29 is 4.79 Å². The standard InChI is InChI=1S/C14H19NO/c1-12(8-10-16)11-15-9-4-6-13-5-2-3-7-14(13)15/h2-3,5,7,10,12H,4,6,8-9,11H2,1H3. The minimum Gasteiger partial charge on any atom is -0.371 e. The number of rotatable bonds is 4. The van der Waals surface area contributed by atoms with E-state index in [9.17, 15) is 4.79 Å². The summed E-state index contributed by atoms with van der Waals surface area (Å²) < 4.78 is 0. The van der Waals surface area contributed by atoms with Gasteiger partial charge in [-0.3, -0.25) is 0 Å². The number of para-hydroxylation sites is 1. The smallest absolute Gasteiger partial charge is 0.120 e. The van der Waals surface area contributed by atoms with Crippen LogP contribution < -0.4 is 4.90 Å². The fourth-order valence-electron chi connectivity index (χ4n) is 2.42. The molecular weight excluding hydrogens is 198 g/mol. The number of nitrogens with zero attached hydrogens (tertiary/aromatic N) is 1.